The third kappa shape index (κ3) is 2.56. The molecule has 2 heterocycles. The van der Waals surface area contributed by atoms with Gasteiger partial charge in [-0.15, -0.1) is 11.8 Å². The number of aromatic nitrogens is 2. The number of rotatable bonds is 3. The average Bonchev–Trinajstić information content (AvgIpc) is 3.00. The highest BCUT2D eigenvalue weighted by Crippen LogP contribution is 2.50. The first kappa shape index (κ1) is 15.7. The van der Waals surface area contributed by atoms with Crippen molar-refractivity contribution >= 4 is 34.7 Å². The number of allylic oxidation sites excluding steroid dienone is 3. The zero-order valence-corrected chi connectivity index (χ0v) is 14.2. The summed E-state index contributed by atoms with van der Waals surface area (Å²) in [7, 11) is 1.47. The van der Waals surface area contributed by atoms with Crippen molar-refractivity contribution < 1.29 is 14.6 Å². The molecule has 4 rings (SSSR count). The molecule has 6 nitrogen and oxygen atoms in total. The monoisotopic (exact) mass is 353 g/mol. The summed E-state index contributed by atoms with van der Waals surface area (Å²) in [5, 5.41) is 9.59. The molecule has 1 unspecified atom stereocenters. The number of carbonyl (C=O) groups is 1. The molecule has 1 aromatic carbocycles. The second-order valence-electron chi connectivity index (χ2n) is 5.78. The van der Waals surface area contributed by atoms with E-state index >= 15 is 0 Å². The number of fused-ring (bicyclic) bond motifs is 3. The highest BCUT2D eigenvalue weighted by molar-refractivity contribution is 8.01. The summed E-state index contributed by atoms with van der Waals surface area (Å²) in [6.07, 6.45) is 6.32. The predicted octanol–water partition coefficient (Wildman–Crippen LogP) is 3.11. The first-order chi connectivity index (χ1) is 12.1. The van der Waals surface area contributed by atoms with Crippen molar-refractivity contribution in [2.75, 3.05) is 12.8 Å². The maximum Gasteiger partial charge on any atom is 0.339 e. The maximum atomic E-state index is 11.4. The van der Waals surface area contributed by atoms with Crippen molar-refractivity contribution in [3.8, 4) is 5.75 Å². The lowest BCUT2D eigenvalue weighted by Gasteiger charge is -2.19. The summed E-state index contributed by atoms with van der Waals surface area (Å²) in [6, 6.07) is 5.24. The zero-order valence-electron chi connectivity index (χ0n) is 13.4. The number of ether oxygens (including phenoxy) is 1. The van der Waals surface area contributed by atoms with Gasteiger partial charge < -0.3 is 15.6 Å². The lowest BCUT2D eigenvalue weighted by Crippen LogP contribution is -2.07. The number of nitrogens with two attached hydrogens (primary N) is 1. The van der Waals surface area contributed by atoms with Crippen molar-refractivity contribution in [2.45, 2.75) is 16.6 Å². The summed E-state index contributed by atoms with van der Waals surface area (Å²) >= 11 is 1.66. The second-order valence-corrected chi connectivity index (χ2v) is 6.99. The largest absolute Gasteiger partial charge is 0.496 e. The number of methoxy groups -OCH3 is 1. The van der Waals surface area contributed by atoms with Crippen LogP contribution in [0.3, 0.4) is 0 Å². The van der Waals surface area contributed by atoms with Gasteiger partial charge >= 0.3 is 5.97 Å². The smallest absolute Gasteiger partial charge is 0.339 e. The van der Waals surface area contributed by atoms with Gasteiger partial charge in [-0.1, -0.05) is 18.2 Å². The number of carboxylic acids is 1. The Hall–Kier alpha value is -2.80. The van der Waals surface area contributed by atoms with E-state index in [9.17, 15) is 9.90 Å². The summed E-state index contributed by atoms with van der Waals surface area (Å²) < 4.78 is 5.13. The minimum Gasteiger partial charge on any atom is -0.496 e. The van der Waals surface area contributed by atoms with Gasteiger partial charge in [0.1, 0.15) is 23.5 Å². The van der Waals surface area contributed by atoms with Crippen LogP contribution in [0.5, 0.6) is 5.75 Å². The third-order valence-corrected chi connectivity index (χ3v) is 5.73. The predicted molar refractivity (Wildman–Crippen MR) is 96.6 cm³/mol. The van der Waals surface area contributed by atoms with Gasteiger partial charge in [-0.2, -0.15) is 0 Å². The topological polar surface area (TPSA) is 98.3 Å². The molecular formula is C18H15N3O3S. The molecule has 2 aromatic rings. The van der Waals surface area contributed by atoms with Crippen LogP contribution in [-0.2, 0) is 0 Å². The van der Waals surface area contributed by atoms with Gasteiger partial charge in [-0.25, -0.2) is 14.8 Å². The Kier molecular flexibility index (Phi) is 3.73. The Morgan fingerprint density at radius 2 is 2.20 bits per heavy atom. The van der Waals surface area contributed by atoms with E-state index < -0.39 is 5.97 Å². The molecule has 0 spiro atoms. The molecule has 1 aliphatic carbocycles. The van der Waals surface area contributed by atoms with E-state index in [-0.39, 0.29) is 10.8 Å². The second kappa shape index (κ2) is 5.93. The summed E-state index contributed by atoms with van der Waals surface area (Å²) in [6.45, 7) is 0. The third-order valence-electron chi connectivity index (χ3n) is 4.38. The summed E-state index contributed by atoms with van der Waals surface area (Å²) in [5.74, 6) is -0.143. The molecule has 7 heteroatoms. The number of nitrogens with zero attached hydrogens (tertiary/aromatic N) is 2. The molecule has 0 bridgehead atoms. The van der Waals surface area contributed by atoms with Crippen molar-refractivity contribution in [1.82, 2.24) is 9.97 Å². The van der Waals surface area contributed by atoms with E-state index in [2.05, 4.69) is 9.97 Å². The Labute approximate surface area is 148 Å². The number of carboxylic acid groups (broad SMARTS) is 1. The number of aromatic carboxylic acids is 1. The Morgan fingerprint density at radius 3 is 2.96 bits per heavy atom. The quantitative estimate of drug-likeness (QED) is 0.875. The van der Waals surface area contributed by atoms with Gasteiger partial charge in [0, 0.05) is 5.25 Å². The van der Waals surface area contributed by atoms with Crippen LogP contribution in [0.1, 0.15) is 28.0 Å². The maximum absolute atomic E-state index is 11.4. The molecule has 3 N–H and O–H groups in total. The van der Waals surface area contributed by atoms with Gasteiger partial charge in [-0.3, -0.25) is 0 Å². The molecule has 0 amide bonds. The molecule has 1 aromatic heterocycles. The van der Waals surface area contributed by atoms with Crippen LogP contribution in [0.25, 0.3) is 11.1 Å². The molecule has 25 heavy (non-hydrogen) atoms. The van der Waals surface area contributed by atoms with Gasteiger partial charge in [0.2, 0.25) is 0 Å². The minimum atomic E-state index is -1.00. The lowest BCUT2D eigenvalue weighted by atomic mass is 9.91. The van der Waals surface area contributed by atoms with E-state index in [1.54, 1.807) is 23.9 Å². The number of hydrogen-bond donors (Lipinski definition) is 2. The van der Waals surface area contributed by atoms with Crippen LogP contribution < -0.4 is 10.5 Å². The van der Waals surface area contributed by atoms with E-state index in [1.165, 1.54) is 13.4 Å². The normalized spacial score (nSPS) is 18.0. The Balaban J connectivity index is 1.72. The number of thioether (sulfide) groups is 1. The number of nitrogen functional groups attached to an aromatic ring is 1. The average molecular weight is 353 g/mol. The van der Waals surface area contributed by atoms with Gasteiger partial charge in [0.15, 0.2) is 0 Å². The lowest BCUT2D eigenvalue weighted by molar-refractivity contribution is 0.0693. The molecule has 1 aliphatic heterocycles. The van der Waals surface area contributed by atoms with Gasteiger partial charge in [0.25, 0.3) is 0 Å². The molecule has 0 fully saturated rings. The van der Waals surface area contributed by atoms with Crippen LogP contribution in [0.2, 0.25) is 0 Å². The highest BCUT2D eigenvalue weighted by Gasteiger charge is 2.33. The molecule has 0 radical (unpaired) electrons. The van der Waals surface area contributed by atoms with Crippen molar-refractivity contribution in [2.24, 2.45) is 0 Å². The standard InChI is InChI=1S/C18H15N3O3S/c1-24-13-5-3-9(6-12(13)18(22)23)10-2-4-11-14(7-10)25-16-15(11)20-8-21-17(16)19/h2-6,8,14H,7H2,1H3,(H,22,23)(H2,19,20,21). The fourth-order valence-electron chi connectivity index (χ4n) is 3.15. The van der Waals surface area contributed by atoms with Crippen molar-refractivity contribution in [3.63, 3.8) is 0 Å². The van der Waals surface area contributed by atoms with Crippen LogP contribution in [0, 0.1) is 0 Å². The zero-order chi connectivity index (χ0) is 17.6. The van der Waals surface area contributed by atoms with Crippen molar-refractivity contribution in [3.05, 3.63) is 53.5 Å². The van der Waals surface area contributed by atoms with Crippen LogP contribution in [-0.4, -0.2) is 33.4 Å². The SMILES string of the molecule is COc1ccc(C2=CC=C3c4ncnc(N)c4SC3C2)cc1C(=O)O. The number of benzene rings is 1. The number of anilines is 1. The highest BCUT2D eigenvalue weighted by atomic mass is 32.2. The first-order valence-electron chi connectivity index (χ1n) is 7.68. The molecule has 2 aliphatic rings. The van der Waals surface area contributed by atoms with Crippen molar-refractivity contribution in [1.29, 1.82) is 0 Å². The molecular weight excluding hydrogens is 338 g/mol. The summed E-state index contributed by atoms with van der Waals surface area (Å²) in [5.41, 5.74) is 10.1. The van der Waals surface area contributed by atoms with Gasteiger partial charge in [-0.05, 0) is 35.3 Å². The van der Waals surface area contributed by atoms with E-state index in [0.29, 0.717) is 11.6 Å². The summed E-state index contributed by atoms with van der Waals surface area (Å²) in [4.78, 5) is 20.8. The fourth-order valence-corrected chi connectivity index (χ4v) is 4.47. The van der Waals surface area contributed by atoms with E-state index in [0.717, 1.165) is 33.7 Å². The van der Waals surface area contributed by atoms with Crippen LogP contribution in [0.4, 0.5) is 5.82 Å². The minimum absolute atomic E-state index is 0.160. The Morgan fingerprint density at radius 1 is 1.36 bits per heavy atom. The first-order valence-corrected chi connectivity index (χ1v) is 8.56. The van der Waals surface area contributed by atoms with E-state index in [1.807, 2.05) is 18.2 Å². The molecule has 0 saturated heterocycles. The molecule has 126 valence electrons. The fraction of sp³-hybridized carbons (Fsp3) is 0.167. The van der Waals surface area contributed by atoms with E-state index in [4.69, 9.17) is 10.5 Å². The number of hydrogen-bond acceptors (Lipinski definition) is 6. The van der Waals surface area contributed by atoms with Crippen LogP contribution in [0.15, 0.2) is 41.6 Å². The van der Waals surface area contributed by atoms with Crippen LogP contribution >= 0.6 is 11.8 Å². The molecule has 0 saturated carbocycles. The van der Waals surface area contributed by atoms with Gasteiger partial charge in [0.05, 0.1) is 17.7 Å². The molecule has 1 atom stereocenters. The Bertz CT molecular complexity index is 953.